The minimum Gasteiger partial charge on any atom is -0.356 e. The van der Waals surface area contributed by atoms with Gasteiger partial charge in [0.2, 0.25) is 0 Å². The highest BCUT2D eigenvalue weighted by molar-refractivity contribution is 7.09. The van der Waals surface area contributed by atoms with E-state index < -0.39 is 0 Å². The molecule has 1 unspecified atom stereocenters. The number of pyridine rings is 1. The first-order valence-corrected chi connectivity index (χ1v) is 9.46. The number of hydrogen-bond acceptors (Lipinski definition) is 5. The smallest absolute Gasteiger partial charge is 0.252 e. The van der Waals surface area contributed by atoms with E-state index in [1.54, 1.807) is 17.5 Å². The number of rotatable bonds is 5. The molecule has 6 heteroatoms. The Morgan fingerprint density at radius 2 is 2.33 bits per heavy atom. The van der Waals surface area contributed by atoms with Crippen molar-refractivity contribution in [2.45, 2.75) is 39.0 Å². The van der Waals surface area contributed by atoms with Crippen LogP contribution in [0.15, 0.2) is 23.7 Å². The summed E-state index contributed by atoms with van der Waals surface area (Å²) in [4.78, 5) is 23.4. The van der Waals surface area contributed by atoms with Gasteiger partial charge in [0, 0.05) is 42.8 Å². The van der Waals surface area contributed by atoms with Crippen molar-refractivity contribution in [2.24, 2.45) is 0 Å². The average molecular weight is 344 g/mol. The van der Waals surface area contributed by atoms with Crippen LogP contribution < -0.4 is 10.2 Å². The number of amides is 1. The van der Waals surface area contributed by atoms with Crippen LogP contribution >= 0.6 is 11.3 Å². The Labute approximate surface area is 147 Å². The zero-order valence-corrected chi connectivity index (χ0v) is 15.1. The zero-order chi connectivity index (χ0) is 16.9. The molecule has 5 nitrogen and oxygen atoms in total. The van der Waals surface area contributed by atoms with E-state index in [1.165, 1.54) is 11.4 Å². The molecule has 1 aliphatic rings. The van der Waals surface area contributed by atoms with Crippen molar-refractivity contribution in [1.82, 2.24) is 15.3 Å². The highest BCUT2D eigenvalue weighted by Gasteiger charge is 2.24. The summed E-state index contributed by atoms with van der Waals surface area (Å²) in [6.07, 6.45) is 4.94. The minimum absolute atomic E-state index is 0.0503. The number of nitrogens with zero attached hydrogens (tertiary/aromatic N) is 3. The van der Waals surface area contributed by atoms with Gasteiger partial charge in [-0.25, -0.2) is 9.97 Å². The Kier molecular flexibility index (Phi) is 5.45. The van der Waals surface area contributed by atoms with E-state index in [4.69, 9.17) is 0 Å². The lowest BCUT2D eigenvalue weighted by Crippen LogP contribution is -2.35. The lowest BCUT2D eigenvalue weighted by Gasteiger charge is -2.32. The van der Waals surface area contributed by atoms with Gasteiger partial charge in [-0.05, 0) is 38.3 Å². The van der Waals surface area contributed by atoms with Crippen molar-refractivity contribution >= 4 is 23.1 Å². The molecule has 3 heterocycles. The number of aromatic nitrogens is 2. The van der Waals surface area contributed by atoms with E-state index in [0.29, 0.717) is 18.0 Å². The fraction of sp³-hybridized carbons (Fsp3) is 0.500. The molecule has 0 radical (unpaired) electrons. The number of carbonyl (C=O) groups excluding carboxylic acids is 1. The molecule has 2 aromatic rings. The third-order valence-corrected chi connectivity index (χ3v) is 5.40. The second-order valence-corrected chi connectivity index (χ2v) is 7.16. The predicted molar refractivity (Wildman–Crippen MR) is 97.9 cm³/mol. The number of anilines is 1. The van der Waals surface area contributed by atoms with Crippen LogP contribution in [0.2, 0.25) is 0 Å². The first-order valence-electron chi connectivity index (χ1n) is 8.58. The topological polar surface area (TPSA) is 58.1 Å². The molecule has 128 valence electrons. The van der Waals surface area contributed by atoms with Crippen LogP contribution in [0.1, 0.15) is 53.2 Å². The van der Waals surface area contributed by atoms with Crippen molar-refractivity contribution in [1.29, 1.82) is 0 Å². The maximum absolute atomic E-state index is 12.0. The van der Waals surface area contributed by atoms with Crippen LogP contribution in [-0.4, -0.2) is 35.5 Å². The van der Waals surface area contributed by atoms with Gasteiger partial charge in [0.25, 0.3) is 5.91 Å². The average Bonchev–Trinajstić information content (AvgIpc) is 3.06. The predicted octanol–water partition coefficient (Wildman–Crippen LogP) is 3.37. The third-order valence-electron chi connectivity index (χ3n) is 4.28. The van der Waals surface area contributed by atoms with E-state index in [-0.39, 0.29) is 5.91 Å². The molecule has 0 aliphatic carbocycles. The van der Waals surface area contributed by atoms with Crippen molar-refractivity contribution in [3.8, 4) is 0 Å². The van der Waals surface area contributed by atoms with Crippen molar-refractivity contribution in [3.05, 3.63) is 40.0 Å². The van der Waals surface area contributed by atoms with Crippen LogP contribution in [0.25, 0.3) is 0 Å². The molecule has 0 bridgehead atoms. The highest BCUT2D eigenvalue weighted by atomic mass is 32.1. The van der Waals surface area contributed by atoms with Crippen LogP contribution in [0.3, 0.4) is 0 Å². The Hall–Kier alpha value is -1.95. The summed E-state index contributed by atoms with van der Waals surface area (Å²) >= 11 is 1.76. The van der Waals surface area contributed by atoms with Gasteiger partial charge in [-0.3, -0.25) is 4.79 Å². The van der Waals surface area contributed by atoms with Gasteiger partial charge in [-0.1, -0.05) is 6.92 Å². The molecule has 1 fully saturated rings. The normalized spacial score (nSPS) is 17.8. The second-order valence-electron chi connectivity index (χ2n) is 6.27. The van der Waals surface area contributed by atoms with Crippen LogP contribution in [-0.2, 0) is 0 Å². The number of piperidine rings is 1. The first-order chi connectivity index (χ1) is 11.7. The summed E-state index contributed by atoms with van der Waals surface area (Å²) in [7, 11) is 0. The van der Waals surface area contributed by atoms with E-state index in [9.17, 15) is 4.79 Å². The van der Waals surface area contributed by atoms with Gasteiger partial charge in [0.05, 0.1) is 10.6 Å². The summed E-state index contributed by atoms with van der Waals surface area (Å²) in [5.74, 6) is 1.37. The monoisotopic (exact) mass is 344 g/mol. The fourth-order valence-electron chi connectivity index (χ4n) is 2.99. The van der Waals surface area contributed by atoms with Crippen molar-refractivity contribution < 1.29 is 4.79 Å². The van der Waals surface area contributed by atoms with Crippen LogP contribution in [0.4, 0.5) is 5.82 Å². The molecule has 3 rings (SSSR count). The second kappa shape index (κ2) is 7.75. The van der Waals surface area contributed by atoms with E-state index in [0.717, 1.165) is 37.4 Å². The molecule has 1 saturated heterocycles. The lowest BCUT2D eigenvalue weighted by atomic mass is 9.98. The zero-order valence-electron chi connectivity index (χ0n) is 14.3. The highest BCUT2D eigenvalue weighted by Crippen LogP contribution is 2.31. The van der Waals surface area contributed by atoms with Gasteiger partial charge in [0.15, 0.2) is 0 Å². The minimum atomic E-state index is -0.0503. The van der Waals surface area contributed by atoms with E-state index in [2.05, 4.69) is 25.6 Å². The molecule has 1 amide bonds. The Bertz CT molecular complexity index is 683. The number of hydrogen-bond donors (Lipinski definition) is 1. The fourth-order valence-corrected chi connectivity index (χ4v) is 3.92. The standard InChI is InChI=1S/C18H24N4OS/c1-3-8-19-17(23)14-6-7-16(20-10-14)22-9-4-5-15(11-22)18-21-13(2)12-24-18/h6-7,10,12,15H,3-5,8-9,11H2,1-2H3,(H,19,23). The van der Waals surface area contributed by atoms with Gasteiger partial charge < -0.3 is 10.2 Å². The van der Waals surface area contributed by atoms with E-state index in [1.807, 2.05) is 26.0 Å². The Morgan fingerprint density at radius 3 is 3.00 bits per heavy atom. The van der Waals surface area contributed by atoms with Crippen molar-refractivity contribution in [2.75, 3.05) is 24.5 Å². The maximum atomic E-state index is 12.0. The molecule has 2 aromatic heterocycles. The SMILES string of the molecule is CCCNC(=O)c1ccc(N2CCCC(c3nc(C)cs3)C2)nc1. The summed E-state index contributed by atoms with van der Waals surface area (Å²) in [5.41, 5.74) is 1.73. The van der Waals surface area contributed by atoms with Crippen LogP contribution in [0.5, 0.6) is 0 Å². The third kappa shape index (κ3) is 3.93. The number of carbonyl (C=O) groups is 1. The quantitative estimate of drug-likeness (QED) is 0.903. The molecule has 24 heavy (non-hydrogen) atoms. The lowest BCUT2D eigenvalue weighted by molar-refractivity contribution is 0.0953. The molecule has 1 atom stereocenters. The van der Waals surface area contributed by atoms with Gasteiger partial charge in [-0.15, -0.1) is 11.3 Å². The van der Waals surface area contributed by atoms with Gasteiger partial charge in [-0.2, -0.15) is 0 Å². The summed E-state index contributed by atoms with van der Waals surface area (Å²) in [6, 6.07) is 3.82. The number of nitrogens with one attached hydrogen (secondary N) is 1. The molecule has 1 aliphatic heterocycles. The summed E-state index contributed by atoms with van der Waals surface area (Å²) in [6.45, 7) is 6.74. The molecule has 0 spiro atoms. The van der Waals surface area contributed by atoms with Gasteiger partial charge >= 0.3 is 0 Å². The molecular formula is C18H24N4OS. The molecular weight excluding hydrogens is 320 g/mol. The molecule has 0 saturated carbocycles. The Balaban J connectivity index is 1.66. The largest absolute Gasteiger partial charge is 0.356 e. The maximum Gasteiger partial charge on any atom is 0.252 e. The van der Waals surface area contributed by atoms with E-state index >= 15 is 0 Å². The summed E-state index contributed by atoms with van der Waals surface area (Å²) < 4.78 is 0. The van der Waals surface area contributed by atoms with Crippen molar-refractivity contribution in [3.63, 3.8) is 0 Å². The Morgan fingerprint density at radius 1 is 1.46 bits per heavy atom. The molecule has 1 N–H and O–H groups in total. The number of thiazole rings is 1. The van der Waals surface area contributed by atoms with Crippen LogP contribution in [0, 0.1) is 6.92 Å². The summed E-state index contributed by atoms with van der Waals surface area (Å²) in [5, 5.41) is 6.23. The first kappa shape index (κ1) is 16.9. The number of aryl methyl sites for hydroxylation is 1. The van der Waals surface area contributed by atoms with Gasteiger partial charge in [0.1, 0.15) is 5.82 Å². The molecule has 0 aromatic carbocycles.